The summed E-state index contributed by atoms with van der Waals surface area (Å²) >= 11 is 0. The van der Waals surface area contributed by atoms with Gasteiger partial charge in [-0.2, -0.15) is 0 Å². The Kier molecular flexibility index (Phi) is 4.22. The van der Waals surface area contributed by atoms with E-state index in [2.05, 4.69) is 20.0 Å². The predicted molar refractivity (Wildman–Crippen MR) is 49.9 cm³/mol. The van der Waals surface area contributed by atoms with Gasteiger partial charge in [-0.15, -0.1) is 0 Å². The van der Waals surface area contributed by atoms with Gasteiger partial charge in [0.1, 0.15) is 6.04 Å². The van der Waals surface area contributed by atoms with E-state index in [-0.39, 0.29) is 6.42 Å². The van der Waals surface area contributed by atoms with E-state index in [1.54, 1.807) is 0 Å². The highest BCUT2D eigenvalue weighted by molar-refractivity contribution is 5.73. The first-order valence-corrected chi connectivity index (χ1v) is 4.30. The quantitative estimate of drug-likeness (QED) is 0.449. The van der Waals surface area contributed by atoms with E-state index in [1.807, 2.05) is 0 Å². The molecule has 0 amide bonds. The van der Waals surface area contributed by atoms with Crippen LogP contribution in [-0.2, 0) is 16.0 Å². The molecule has 7 nitrogen and oxygen atoms in total. The van der Waals surface area contributed by atoms with Crippen molar-refractivity contribution in [3.63, 3.8) is 0 Å². The topological polar surface area (TPSA) is 107 Å². The molecule has 1 aromatic heterocycles. The van der Waals surface area contributed by atoms with Crippen LogP contribution < -0.4 is 5.32 Å². The molecule has 0 spiro atoms. The Morgan fingerprint density at radius 1 is 1.80 bits per heavy atom. The van der Waals surface area contributed by atoms with Gasteiger partial charge in [0, 0.05) is 25.4 Å². The summed E-state index contributed by atoms with van der Waals surface area (Å²) in [5.41, 5.74) is 0.665. The SMILES string of the molecule is COC(O)NC(Cc1cnc[nH]1)C(=O)O. The van der Waals surface area contributed by atoms with Crippen LogP contribution in [-0.4, -0.2) is 45.7 Å². The highest BCUT2D eigenvalue weighted by Gasteiger charge is 2.21. The number of nitrogens with zero attached hydrogens (tertiary/aromatic N) is 1. The number of aliphatic hydroxyl groups excluding tert-OH is 1. The Balaban J connectivity index is 2.55. The number of aliphatic hydroxyl groups is 1. The van der Waals surface area contributed by atoms with Crippen LogP contribution in [0.25, 0.3) is 0 Å². The van der Waals surface area contributed by atoms with E-state index in [1.165, 1.54) is 19.6 Å². The van der Waals surface area contributed by atoms with Crippen molar-refractivity contribution in [3.05, 3.63) is 18.2 Å². The molecule has 0 fully saturated rings. The van der Waals surface area contributed by atoms with Gasteiger partial charge in [-0.1, -0.05) is 0 Å². The van der Waals surface area contributed by atoms with Gasteiger partial charge in [-0.25, -0.2) is 4.98 Å². The van der Waals surface area contributed by atoms with Crippen LogP contribution in [0.5, 0.6) is 0 Å². The van der Waals surface area contributed by atoms with Crippen molar-refractivity contribution in [2.75, 3.05) is 7.11 Å². The number of aromatic amines is 1. The smallest absolute Gasteiger partial charge is 0.321 e. The third kappa shape index (κ3) is 3.66. The highest BCUT2D eigenvalue weighted by Crippen LogP contribution is 1.99. The lowest BCUT2D eigenvalue weighted by Crippen LogP contribution is -2.45. The van der Waals surface area contributed by atoms with Crippen molar-refractivity contribution in [2.45, 2.75) is 18.9 Å². The highest BCUT2D eigenvalue weighted by atomic mass is 16.6. The predicted octanol–water partition coefficient (Wildman–Crippen LogP) is -1.08. The average Bonchev–Trinajstić information content (AvgIpc) is 2.69. The molecule has 1 aromatic rings. The second-order valence-electron chi connectivity index (χ2n) is 2.93. The minimum absolute atomic E-state index is 0.190. The Labute approximate surface area is 86.1 Å². The molecule has 1 heterocycles. The summed E-state index contributed by atoms with van der Waals surface area (Å²) in [6, 6.07) is -0.930. The van der Waals surface area contributed by atoms with Gasteiger partial charge in [0.15, 0.2) is 0 Å². The number of methoxy groups -OCH3 is 1. The number of H-pyrrole nitrogens is 1. The van der Waals surface area contributed by atoms with E-state index < -0.39 is 18.4 Å². The third-order valence-electron chi connectivity index (χ3n) is 1.84. The van der Waals surface area contributed by atoms with E-state index in [9.17, 15) is 4.79 Å². The second kappa shape index (κ2) is 5.44. The number of carboxylic acid groups (broad SMARTS) is 1. The van der Waals surface area contributed by atoms with E-state index in [0.717, 1.165) is 0 Å². The van der Waals surface area contributed by atoms with Crippen LogP contribution >= 0.6 is 0 Å². The summed E-state index contributed by atoms with van der Waals surface area (Å²) in [6.07, 6.45) is 1.88. The van der Waals surface area contributed by atoms with Crippen LogP contribution in [0.3, 0.4) is 0 Å². The Morgan fingerprint density at radius 2 is 2.53 bits per heavy atom. The zero-order chi connectivity index (χ0) is 11.3. The summed E-state index contributed by atoms with van der Waals surface area (Å²) in [7, 11) is 1.27. The molecule has 0 aromatic carbocycles. The molecule has 0 saturated heterocycles. The molecule has 4 N–H and O–H groups in total. The fourth-order valence-corrected chi connectivity index (χ4v) is 1.07. The summed E-state index contributed by atoms with van der Waals surface area (Å²) in [5, 5.41) is 20.3. The van der Waals surface area contributed by atoms with Crippen molar-refractivity contribution in [2.24, 2.45) is 0 Å². The van der Waals surface area contributed by atoms with Crippen molar-refractivity contribution in [1.29, 1.82) is 0 Å². The lowest BCUT2D eigenvalue weighted by Gasteiger charge is -2.17. The Hall–Kier alpha value is -1.44. The lowest BCUT2D eigenvalue weighted by atomic mass is 10.2. The van der Waals surface area contributed by atoms with Crippen LogP contribution in [0.2, 0.25) is 0 Å². The number of hydrogen-bond acceptors (Lipinski definition) is 5. The molecule has 0 bridgehead atoms. The average molecular weight is 215 g/mol. The van der Waals surface area contributed by atoms with Gasteiger partial charge in [0.25, 0.3) is 0 Å². The standard InChI is InChI=1S/C8H13N3O4/c1-15-8(14)11-6(7(12)13)2-5-3-9-4-10-5/h3-4,6,8,11,14H,2H2,1H3,(H,9,10)(H,12,13). The van der Waals surface area contributed by atoms with Crippen LogP contribution in [0.4, 0.5) is 0 Å². The normalized spacial score (nSPS) is 14.8. The number of ether oxygens (including phenoxy) is 1. The fourth-order valence-electron chi connectivity index (χ4n) is 1.07. The first-order valence-electron chi connectivity index (χ1n) is 4.30. The largest absolute Gasteiger partial charge is 0.480 e. The van der Waals surface area contributed by atoms with Gasteiger partial charge >= 0.3 is 5.97 Å². The number of nitrogens with one attached hydrogen (secondary N) is 2. The molecule has 1 rings (SSSR count). The van der Waals surface area contributed by atoms with E-state index >= 15 is 0 Å². The molecule has 0 aliphatic heterocycles. The Bertz CT molecular complexity index is 301. The molecule has 0 aliphatic rings. The van der Waals surface area contributed by atoms with Crippen LogP contribution in [0, 0.1) is 0 Å². The molecule has 0 aliphatic carbocycles. The number of aromatic nitrogens is 2. The zero-order valence-electron chi connectivity index (χ0n) is 8.17. The third-order valence-corrected chi connectivity index (χ3v) is 1.84. The van der Waals surface area contributed by atoms with Gasteiger partial charge in [-0.05, 0) is 0 Å². The molecular weight excluding hydrogens is 202 g/mol. The maximum atomic E-state index is 10.8. The van der Waals surface area contributed by atoms with Gasteiger partial charge in [0.05, 0.1) is 6.33 Å². The molecule has 7 heteroatoms. The summed E-state index contributed by atoms with van der Waals surface area (Å²) in [6.45, 7) is 0. The van der Waals surface area contributed by atoms with Crippen LogP contribution in [0.15, 0.2) is 12.5 Å². The summed E-state index contributed by atoms with van der Waals surface area (Å²) < 4.78 is 4.51. The summed E-state index contributed by atoms with van der Waals surface area (Å²) in [5.74, 6) is -1.07. The molecule has 15 heavy (non-hydrogen) atoms. The zero-order valence-corrected chi connectivity index (χ0v) is 8.17. The monoisotopic (exact) mass is 215 g/mol. The van der Waals surface area contributed by atoms with E-state index in [0.29, 0.717) is 5.69 Å². The molecule has 84 valence electrons. The second-order valence-corrected chi connectivity index (χ2v) is 2.93. The number of carboxylic acids is 1. The number of hydrogen-bond donors (Lipinski definition) is 4. The molecule has 0 saturated carbocycles. The van der Waals surface area contributed by atoms with Crippen molar-refractivity contribution in [1.82, 2.24) is 15.3 Å². The molecule has 2 unspecified atom stereocenters. The first kappa shape index (κ1) is 11.6. The fraction of sp³-hybridized carbons (Fsp3) is 0.500. The Morgan fingerprint density at radius 3 is 3.00 bits per heavy atom. The minimum Gasteiger partial charge on any atom is -0.480 e. The molecule has 0 radical (unpaired) electrons. The maximum Gasteiger partial charge on any atom is 0.321 e. The summed E-state index contributed by atoms with van der Waals surface area (Å²) in [4.78, 5) is 17.4. The molecular formula is C8H13N3O4. The molecule has 2 atom stereocenters. The first-order chi connectivity index (χ1) is 7.13. The van der Waals surface area contributed by atoms with Gasteiger partial charge < -0.3 is 19.9 Å². The van der Waals surface area contributed by atoms with Crippen molar-refractivity contribution in [3.8, 4) is 0 Å². The van der Waals surface area contributed by atoms with Gasteiger partial charge in [0.2, 0.25) is 6.41 Å². The minimum atomic E-state index is -1.30. The van der Waals surface area contributed by atoms with Gasteiger partial charge in [-0.3, -0.25) is 10.1 Å². The van der Waals surface area contributed by atoms with E-state index in [4.69, 9.17) is 10.2 Å². The van der Waals surface area contributed by atoms with Crippen molar-refractivity contribution < 1.29 is 19.7 Å². The van der Waals surface area contributed by atoms with Crippen LogP contribution in [0.1, 0.15) is 5.69 Å². The number of rotatable bonds is 6. The number of aliphatic carboxylic acids is 1. The maximum absolute atomic E-state index is 10.8. The number of imidazole rings is 1. The lowest BCUT2D eigenvalue weighted by molar-refractivity contribution is -0.147. The van der Waals surface area contributed by atoms with Crippen molar-refractivity contribution >= 4 is 5.97 Å². The number of carbonyl (C=O) groups is 1.